The Balaban J connectivity index is 2.27. The Morgan fingerprint density at radius 1 is 1.05 bits per heavy atom. The Hall–Kier alpha value is -2.07. The van der Waals surface area contributed by atoms with E-state index in [4.69, 9.17) is 4.74 Å². The van der Waals surface area contributed by atoms with Crippen molar-refractivity contribution in [2.75, 3.05) is 6.61 Å². The van der Waals surface area contributed by atoms with Gasteiger partial charge in [0, 0.05) is 25.2 Å². The molecule has 1 heterocycles. The highest BCUT2D eigenvalue weighted by atomic mass is 32.2. The number of fused-ring (bicyclic) bond motifs is 2. The molecule has 0 fully saturated rings. The van der Waals surface area contributed by atoms with E-state index in [1.807, 2.05) is 48.5 Å². The average molecular weight is 286 g/mol. The number of benzene rings is 2. The van der Waals surface area contributed by atoms with Crippen LogP contribution >= 0.6 is 0 Å². The number of rotatable bonds is 3. The van der Waals surface area contributed by atoms with E-state index >= 15 is 0 Å². The van der Waals surface area contributed by atoms with Crippen LogP contribution < -0.4 is 0 Å². The van der Waals surface area contributed by atoms with E-state index < -0.39 is 9.52 Å². The van der Waals surface area contributed by atoms with Gasteiger partial charge in [0.25, 0.3) is 6.47 Å². The van der Waals surface area contributed by atoms with E-state index in [0.29, 0.717) is 6.47 Å². The molecular formula is C16H14O3S. The lowest BCUT2D eigenvalue weighted by Gasteiger charge is -2.30. The zero-order valence-electron chi connectivity index (χ0n) is 10.8. The standard InChI is InChI=1S/C16H14O3S/c1-20(18)15-8-4-2-6-12(15)14(10-19-11-17)13-7-3-5-9-16(13)20/h2-9,11,14H,1,10H2. The molecule has 0 amide bonds. The molecule has 0 spiro atoms. The fourth-order valence-corrected chi connectivity index (χ4v) is 4.75. The Bertz CT molecular complexity index is 709. The van der Waals surface area contributed by atoms with E-state index in [0.717, 1.165) is 20.9 Å². The first-order valence-electron chi connectivity index (χ1n) is 6.26. The highest BCUT2D eigenvalue weighted by Crippen LogP contribution is 2.41. The topological polar surface area (TPSA) is 43.4 Å². The summed E-state index contributed by atoms with van der Waals surface area (Å²) in [7, 11) is -2.50. The number of carbonyl (C=O) groups excluding carboxylic acids is 1. The minimum atomic E-state index is -2.50. The van der Waals surface area contributed by atoms with E-state index in [1.54, 1.807) is 0 Å². The lowest BCUT2D eigenvalue weighted by Crippen LogP contribution is -2.21. The van der Waals surface area contributed by atoms with Crippen LogP contribution in [0.4, 0.5) is 0 Å². The normalized spacial score (nSPS) is 23.5. The predicted octanol–water partition coefficient (Wildman–Crippen LogP) is 2.44. The van der Waals surface area contributed by atoms with Crippen molar-refractivity contribution >= 4 is 21.9 Å². The van der Waals surface area contributed by atoms with Crippen molar-refractivity contribution in [2.24, 2.45) is 0 Å². The molecule has 0 saturated heterocycles. The highest BCUT2D eigenvalue weighted by Gasteiger charge is 2.31. The van der Waals surface area contributed by atoms with Crippen molar-refractivity contribution in [3.05, 3.63) is 59.7 Å². The van der Waals surface area contributed by atoms with Crippen LogP contribution in [-0.4, -0.2) is 23.2 Å². The van der Waals surface area contributed by atoms with Gasteiger partial charge in [-0.2, -0.15) is 0 Å². The summed E-state index contributed by atoms with van der Waals surface area (Å²) in [5, 5.41) is 0. The molecule has 3 rings (SSSR count). The van der Waals surface area contributed by atoms with E-state index in [9.17, 15) is 9.00 Å². The number of carbonyl (C=O) groups is 1. The fourth-order valence-electron chi connectivity index (χ4n) is 2.74. The summed E-state index contributed by atoms with van der Waals surface area (Å²) in [6.07, 6.45) is 0. The fraction of sp³-hybridized carbons (Fsp3) is 0.125. The number of hydrogen-bond donors (Lipinski definition) is 0. The third-order valence-corrected chi connectivity index (χ3v) is 5.79. The van der Waals surface area contributed by atoms with Gasteiger partial charge in [-0.05, 0) is 29.1 Å². The minimum absolute atomic E-state index is 0.0936. The third-order valence-electron chi connectivity index (χ3n) is 3.63. The quantitative estimate of drug-likeness (QED) is 0.643. The van der Waals surface area contributed by atoms with Crippen molar-refractivity contribution in [3.8, 4) is 0 Å². The largest absolute Gasteiger partial charge is 0.467 e. The number of ether oxygens (including phenoxy) is 1. The third kappa shape index (κ3) is 1.84. The molecule has 102 valence electrons. The summed E-state index contributed by atoms with van der Waals surface area (Å²) < 4.78 is 18.0. The Labute approximate surface area is 118 Å². The SMILES string of the molecule is C=S1(=O)c2ccccc2C(COC=O)c2ccccc21. The Morgan fingerprint density at radius 3 is 2.05 bits per heavy atom. The van der Waals surface area contributed by atoms with Crippen LogP contribution in [0.25, 0.3) is 0 Å². The van der Waals surface area contributed by atoms with Crippen LogP contribution in [-0.2, 0) is 19.1 Å². The first kappa shape index (κ1) is 12.9. The Kier molecular flexibility index (Phi) is 3.10. The molecule has 1 aliphatic rings. The second-order valence-corrected chi connectivity index (χ2v) is 6.96. The molecule has 0 atom stereocenters. The van der Waals surface area contributed by atoms with Gasteiger partial charge in [0.15, 0.2) is 0 Å². The maximum atomic E-state index is 13.0. The Morgan fingerprint density at radius 2 is 1.55 bits per heavy atom. The average Bonchev–Trinajstić information content (AvgIpc) is 2.48. The molecule has 0 N–H and O–H groups in total. The first-order chi connectivity index (χ1) is 9.66. The molecule has 0 bridgehead atoms. The molecule has 0 aliphatic carbocycles. The van der Waals surface area contributed by atoms with Gasteiger partial charge in [-0.1, -0.05) is 36.4 Å². The summed E-state index contributed by atoms with van der Waals surface area (Å²) in [6, 6.07) is 15.0. The van der Waals surface area contributed by atoms with Crippen molar-refractivity contribution in [1.82, 2.24) is 0 Å². The molecule has 2 aromatic carbocycles. The first-order valence-corrected chi connectivity index (χ1v) is 7.99. The van der Waals surface area contributed by atoms with Gasteiger partial charge >= 0.3 is 0 Å². The van der Waals surface area contributed by atoms with Gasteiger partial charge in [0.05, 0.1) is 0 Å². The summed E-state index contributed by atoms with van der Waals surface area (Å²) in [4.78, 5) is 12.0. The summed E-state index contributed by atoms with van der Waals surface area (Å²) in [5.41, 5.74) is 1.85. The molecule has 2 aromatic rings. The molecule has 0 unspecified atom stereocenters. The van der Waals surface area contributed by atoms with Gasteiger partial charge in [-0.15, -0.1) is 0 Å². The van der Waals surface area contributed by atoms with E-state index in [2.05, 4.69) is 5.87 Å². The van der Waals surface area contributed by atoms with Crippen molar-refractivity contribution < 1.29 is 13.7 Å². The lowest BCUT2D eigenvalue weighted by atomic mass is 9.91. The molecule has 4 heteroatoms. The van der Waals surface area contributed by atoms with Crippen LogP contribution in [0.2, 0.25) is 0 Å². The van der Waals surface area contributed by atoms with Gasteiger partial charge in [-0.3, -0.25) is 9.00 Å². The minimum Gasteiger partial charge on any atom is -0.467 e. The zero-order chi connectivity index (χ0) is 14.2. The molecule has 0 radical (unpaired) electrons. The van der Waals surface area contributed by atoms with Gasteiger partial charge in [0.1, 0.15) is 6.61 Å². The van der Waals surface area contributed by atoms with Crippen LogP contribution in [0.15, 0.2) is 58.3 Å². The van der Waals surface area contributed by atoms with Crippen LogP contribution in [0.3, 0.4) is 0 Å². The maximum Gasteiger partial charge on any atom is 0.293 e. The summed E-state index contributed by atoms with van der Waals surface area (Å²) in [6.45, 7) is 0.689. The van der Waals surface area contributed by atoms with Gasteiger partial charge in [-0.25, -0.2) is 0 Å². The van der Waals surface area contributed by atoms with Gasteiger partial charge < -0.3 is 4.74 Å². The van der Waals surface area contributed by atoms with Crippen molar-refractivity contribution in [2.45, 2.75) is 15.7 Å². The molecular weight excluding hydrogens is 272 g/mol. The van der Waals surface area contributed by atoms with Crippen molar-refractivity contribution in [3.63, 3.8) is 0 Å². The van der Waals surface area contributed by atoms with Crippen LogP contribution in [0, 0.1) is 0 Å². The molecule has 0 aromatic heterocycles. The molecule has 3 nitrogen and oxygen atoms in total. The van der Waals surface area contributed by atoms with E-state index in [1.165, 1.54) is 0 Å². The molecule has 20 heavy (non-hydrogen) atoms. The highest BCUT2D eigenvalue weighted by molar-refractivity contribution is 8.00. The van der Waals surface area contributed by atoms with E-state index in [-0.39, 0.29) is 12.5 Å². The summed E-state index contributed by atoms with van der Waals surface area (Å²) >= 11 is 0. The van der Waals surface area contributed by atoms with Gasteiger partial charge in [0.2, 0.25) is 0 Å². The molecule has 1 aliphatic heterocycles. The van der Waals surface area contributed by atoms with Crippen molar-refractivity contribution in [1.29, 1.82) is 0 Å². The maximum absolute atomic E-state index is 13.0. The number of hydrogen-bond acceptors (Lipinski definition) is 3. The second-order valence-electron chi connectivity index (χ2n) is 4.73. The molecule has 0 saturated carbocycles. The monoisotopic (exact) mass is 286 g/mol. The zero-order valence-corrected chi connectivity index (χ0v) is 11.6. The lowest BCUT2D eigenvalue weighted by molar-refractivity contribution is -0.128. The smallest absolute Gasteiger partial charge is 0.293 e. The second kappa shape index (κ2) is 4.80. The van der Waals surface area contributed by atoms with Crippen LogP contribution in [0.1, 0.15) is 17.0 Å². The predicted molar refractivity (Wildman–Crippen MR) is 78.5 cm³/mol. The van der Waals surface area contributed by atoms with Crippen LogP contribution in [0.5, 0.6) is 0 Å². The summed E-state index contributed by atoms with van der Waals surface area (Å²) in [5.74, 6) is 3.85.